The van der Waals surface area contributed by atoms with Crippen LogP contribution in [-0.2, 0) is 6.54 Å². The summed E-state index contributed by atoms with van der Waals surface area (Å²) in [6, 6.07) is 2.45. The topological polar surface area (TPSA) is 56.7 Å². The number of aryl methyl sites for hydroxylation is 1. The lowest BCUT2D eigenvalue weighted by molar-refractivity contribution is 0.512. The van der Waals surface area contributed by atoms with Crippen LogP contribution in [-0.4, -0.2) is 14.5 Å². The van der Waals surface area contributed by atoms with Gasteiger partial charge < -0.3 is 10.3 Å². The van der Waals surface area contributed by atoms with Crippen molar-refractivity contribution < 1.29 is 8.78 Å². The van der Waals surface area contributed by atoms with Crippen LogP contribution in [0.15, 0.2) is 17.5 Å². The molecular formula is C12H10F2N4S. The molecule has 0 saturated carbocycles. The fourth-order valence-corrected chi connectivity index (χ4v) is 2.58. The van der Waals surface area contributed by atoms with Crippen LogP contribution in [0.5, 0.6) is 0 Å². The van der Waals surface area contributed by atoms with E-state index in [4.69, 9.17) is 5.73 Å². The van der Waals surface area contributed by atoms with Crippen molar-refractivity contribution >= 4 is 28.3 Å². The molecule has 7 heteroatoms. The van der Waals surface area contributed by atoms with Crippen molar-refractivity contribution in [2.24, 2.45) is 0 Å². The van der Waals surface area contributed by atoms with E-state index >= 15 is 0 Å². The van der Waals surface area contributed by atoms with Crippen molar-refractivity contribution in [2.75, 3.05) is 5.73 Å². The summed E-state index contributed by atoms with van der Waals surface area (Å²) in [5, 5.41) is 2.77. The summed E-state index contributed by atoms with van der Waals surface area (Å²) in [5.74, 6) is -1.71. The van der Waals surface area contributed by atoms with Crippen LogP contribution >= 0.6 is 11.3 Å². The Balaban J connectivity index is 2.17. The van der Waals surface area contributed by atoms with E-state index in [2.05, 4.69) is 9.97 Å². The number of halogens is 2. The van der Waals surface area contributed by atoms with E-state index in [1.54, 1.807) is 0 Å². The van der Waals surface area contributed by atoms with E-state index in [1.165, 1.54) is 22.0 Å². The number of rotatable bonds is 2. The molecule has 2 heterocycles. The Morgan fingerprint density at radius 1 is 1.32 bits per heavy atom. The lowest BCUT2D eigenvalue weighted by atomic mass is 10.3. The zero-order valence-electron chi connectivity index (χ0n) is 10.0. The first-order chi connectivity index (χ1) is 9.06. The van der Waals surface area contributed by atoms with E-state index in [1.807, 2.05) is 12.3 Å². The third-order valence-electron chi connectivity index (χ3n) is 2.82. The second kappa shape index (κ2) is 4.27. The Labute approximate surface area is 111 Å². The van der Waals surface area contributed by atoms with Gasteiger partial charge in [-0.15, -0.1) is 11.3 Å². The number of nitrogens with two attached hydrogens (primary N) is 1. The molecule has 0 saturated heterocycles. The molecule has 0 bridgehead atoms. The third-order valence-corrected chi connectivity index (χ3v) is 3.64. The van der Waals surface area contributed by atoms with Crippen molar-refractivity contribution in [3.8, 4) is 0 Å². The van der Waals surface area contributed by atoms with Gasteiger partial charge in [0.1, 0.15) is 5.52 Å². The summed E-state index contributed by atoms with van der Waals surface area (Å²) >= 11 is 1.49. The third kappa shape index (κ3) is 1.95. The number of fused-ring (bicyclic) bond motifs is 1. The van der Waals surface area contributed by atoms with Crippen molar-refractivity contribution in [1.29, 1.82) is 0 Å². The number of thiazole rings is 1. The number of nitrogen functional groups attached to an aromatic ring is 1. The van der Waals surface area contributed by atoms with Crippen LogP contribution in [0.4, 0.5) is 14.7 Å². The Morgan fingerprint density at radius 2 is 2.11 bits per heavy atom. The highest BCUT2D eigenvalue weighted by Crippen LogP contribution is 2.24. The molecule has 19 heavy (non-hydrogen) atoms. The molecule has 0 radical (unpaired) electrons. The summed E-state index contributed by atoms with van der Waals surface area (Å²) in [6.45, 7) is 2.15. The number of nitrogens with zero attached hydrogens (tertiary/aromatic N) is 3. The highest BCUT2D eigenvalue weighted by Gasteiger charge is 2.16. The molecule has 0 spiro atoms. The molecular weight excluding hydrogens is 270 g/mol. The van der Waals surface area contributed by atoms with Gasteiger partial charge in [0, 0.05) is 5.38 Å². The highest BCUT2D eigenvalue weighted by atomic mass is 32.1. The maximum Gasteiger partial charge on any atom is 0.201 e. The Kier molecular flexibility index (Phi) is 2.70. The number of aromatic nitrogens is 3. The second-order valence-corrected chi connectivity index (χ2v) is 5.21. The van der Waals surface area contributed by atoms with Gasteiger partial charge in [-0.2, -0.15) is 0 Å². The minimum absolute atomic E-state index is 0.0724. The molecule has 0 aliphatic carbocycles. The number of hydrogen-bond acceptors (Lipinski definition) is 4. The minimum Gasteiger partial charge on any atom is -0.369 e. The molecule has 3 rings (SSSR count). The molecule has 1 aromatic carbocycles. The normalized spacial score (nSPS) is 11.3. The first-order valence-electron chi connectivity index (χ1n) is 5.57. The Hall–Kier alpha value is -2.02. The fraction of sp³-hybridized carbons (Fsp3) is 0.167. The Bertz CT molecular complexity index is 763. The van der Waals surface area contributed by atoms with E-state index < -0.39 is 11.6 Å². The van der Waals surface area contributed by atoms with Crippen molar-refractivity contribution in [2.45, 2.75) is 13.5 Å². The molecule has 3 aromatic rings. The summed E-state index contributed by atoms with van der Waals surface area (Å²) in [5.41, 5.74) is 6.92. The standard InChI is InChI=1S/C12H10F2N4S/c1-6-16-7(5-19-6)4-18-11-9(17-12(18)15)3-2-8(13)10(11)14/h2-3,5H,4H2,1H3,(H2,15,17). The number of imidazole rings is 1. The van der Waals surface area contributed by atoms with Gasteiger partial charge in [0.2, 0.25) is 5.95 Å². The van der Waals surface area contributed by atoms with Crippen LogP contribution in [0, 0.1) is 18.6 Å². The largest absolute Gasteiger partial charge is 0.369 e. The highest BCUT2D eigenvalue weighted by molar-refractivity contribution is 7.09. The van der Waals surface area contributed by atoms with Gasteiger partial charge in [-0.1, -0.05) is 0 Å². The molecule has 2 N–H and O–H groups in total. The van der Waals surface area contributed by atoms with Gasteiger partial charge in [-0.05, 0) is 19.1 Å². The maximum absolute atomic E-state index is 13.9. The number of benzene rings is 1. The van der Waals surface area contributed by atoms with Crippen LogP contribution in [0.25, 0.3) is 11.0 Å². The molecule has 0 atom stereocenters. The summed E-state index contributed by atoms with van der Waals surface area (Å²) in [4.78, 5) is 8.31. The monoisotopic (exact) mass is 280 g/mol. The fourth-order valence-electron chi connectivity index (χ4n) is 1.98. The predicted molar refractivity (Wildman–Crippen MR) is 70.0 cm³/mol. The lowest BCUT2D eigenvalue weighted by Gasteiger charge is -2.05. The van der Waals surface area contributed by atoms with Gasteiger partial charge in [0.05, 0.1) is 22.8 Å². The van der Waals surface area contributed by atoms with E-state index in [9.17, 15) is 8.78 Å². The van der Waals surface area contributed by atoms with E-state index in [0.29, 0.717) is 5.52 Å². The smallest absolute Gasteiger partial charge is 0.201 e. The zero-order valence-corrected chi connectivity index (χ0v) is 10.8. The van der Waals surface area contributed by atoms with Crippen LogP contribution in [0.2, 0.25) is 0 Å². The SMILES string of the molecule is Cc1nc(Cn2c(N)nc3ccc(F)c(F)c32)cs1. The van der Waals surface area contributed by atoms with Crippen molar-refractivity contribution in [1.82, 2.24) is 14.5 Å². The predicted octanol–water partition coefficient (Wildman–Crippen LogP) is 2.71. The van der Waals surface area contributed by atoms with E-state index in [0.717, 1.165) is 16.8 Å². The van der Waals surface area contributed by atoms with Crippen LogP contribution in [0.1, 0.15) is 10.7 Å². The number of hydrogen-bond donors (Lipinski definition) is 1. The van der Waals surface area contributed by atoms with Crippen LogP contribution in [0.3, 0.4) is 0 Å². The molecule has 98 valence electrons. The minimum atomic E-state index is -0.936. The number of anilines is 1. The average molecular weight is 280 g/mol. The summed E-state index contributed by atoms with van der Waals surface area (Å²) in [7, 11) is 0. The molecule has 0 aliphatic heterocycles. The van der Waals surface area contributed by atoms with Gasteiger partial charge in [0.25, 0.3) is 0 Å². The van der Waals surface area contributed by atoms with Gasteiger partial charge in [0.15, 0.2) is 11.6 Å². The quantitative estimate of drug-likeness (QED) is 0.785. The van der Waals surface area contributed by atoms with Crippen LogP contribution < -0.4 is 5.73 Å². The summed E-state index contributed by atoms with van der Waals surface area (Å²) in [6.07, 6.45) is 0. The summed E-state index contributed by atoms with van der Waals surface area (Å²) < 4.78 is 28.6. The molecule has 0 aliphatic rings. The average Bonchev–Trinajstić information content (AvgIpc) is 2.90. The molecule has 0 amide bonds. The zero-order chi connectivity index (χ0) is 13.6. The molecule has 0 unspecified atom stereocenters. The lowest BCUT2D eigenvalue weighted by Crippen LogP contribution is -2.06. The second-order valence-electron chi connectivity index (χ2n) is 4.14. The maximum atomic E-state index is 13.9. The van der Waals surface area contributed by atoms with Crippen molar-refractivity contribution in [3.63, 3.8) is 0 Å². The van der Waals surface area contributed by atoms with E-state index in [-0.39, 0.29) is 18.0 Å². The Morgan fingerprint density at radius 3 is 2.79 bits per heavy atom. The van der Waals surface area contributed by atoms with Crippen molar-refractivity contribution in [3.05, 3.63) is 39.8 Å². The van der Waals surface area contributed by atoms with Gasteiger partial charge >= 0.3 is 0 Å². The first kappa shape index (κ1) is 12.0. The van der Waals surface area contributed by atoms with Gasteiger partial charge in [-0.3, -0.25) is 0 Å². The molecule has 0 fully saturated rings. The van der Waals surface area contributed by atoms with Gasteiger partial charge in [-0.25, -0.2) is 18.7 Å². The first-order valence-corrected chi connectivity index (χ1v) is 6.45. The molecule has 4 nitrogen and oxygen atoms in total. The molecule has 2 aromatic heterocycles.